The molecular weight excluding hydrogens is 536 g/mol. The molecule has 1 atom stereocenters. The third kappa shape index (κ3) is 5.05. The molecular formula is C33H26N2O5S. The van der Waals surface area contributed by atoms with Crippen LogP contribution in [0.4, 0.5) is 5.13 Å². The van der Waals surface area contributed by atoms with Gasteiger partial charge < -0.3 is 14.6 Å². The molecule has 0 saturated carbocycles. The number of carbonyl (C=O) groups excluding carboxylic acids is 2. The van der Waals surface area contributed by atoms with Crippen LogP contribution in [-0.2, 0) is 9.59 Å². The molecule has 0 aliphatic carbocycles. The fraction of sp³-hybridized carbons (Fsp3) is 0.121. The Balaban J connectivity index is 1.50. The number of hydrogen-bond donors (Lipinski definition) is 1. The number of nitrogens with zero attached hydrogens (tertiary/aromatic N) is 2. The number of thiazole rings is 1. The molecule has 1 aromatic heterocycles. The monoisotopic (exact) mass is 562 g/mol. The Bertz CT molecular complexity index is 1790. The lowest BCUT2D eigenvalue weighted by Crippen LogP contribution is -2.29. The number of amides is 1. The predicted molar refractivity (Wildman–Crippen MR) is 160 cm³/mol. The number of aromatic nitrogens is 1. The van der Waals surface area contributed by atoms with Crippen molar-refractivity contribution in [3.63, 3.8) is 0 Å². The van der Waals surface area contributed by atoms with Gasteiger partial charge in [-0.05, 0) is 85.6 Å². The summed E-state index contributed by atoms with van der Waals surface area (Å²) in [6, 6.07) is 28.2. The van der Waals surface area contributed by atoms with Gasteiger partial charge in [0.1, 0.15) is 23.0 Å². The van der Waals surface area contributed by atoms with Gasteiger partial charge in [-0.25, -0.2) is 4.98 Å². The molecule has 8 heteroatoms. The molecule has 1 fully saturated rings. The highest BCUT2D eigenvalue weighted by atomic mass is 32.1. The van der Waals surface area contributed by atoms with Gasteiger partial charge in [0.05, 0.1) is 28.4 Å². The number of aryl methyl sites for hydroxylation is 1. The Hall–Kier alpha value is -4.95. The Morgan fingerprint density at radius 1 is 0.902 bits per heavy atom. The topological polar surface area (TPSA) is 89.0 Å². The molecule has 1 aliphatic heterocycles. The Morgan fingerprint density at radius 2 is 1.66 bits per heavy atom. The summed E-state index contributed by atoms with van der Waals surface area (Å²) in [5.74, 6) is -0.00410. The number of anilines is 1. The first-order valence-electron chi connectivity index (χ1n) is 13.2. The average Bonchev–Trinajstić information content (AvgIpc) is 3.51. The molecule has 6 rings (SSSR count). The summed E-state index contributed by atoms with van der Waals surface area (Å²) in [6.07, 6.45) is 0. The van der Waals surface area contributed by atoms with Crippen molar-refractivity contribution in [2.75, 3.05) is 11.5 Å². The van der Waals surface area contributed by atoms with E-state index in [2.05, 4.69) is 0 Å². The Morgan fingerprint density at radius 3 is 2.41 bits per heavy atom. The number of fused-ring (bicyclic) bond motifs is 1. The molecule has 1 unspecified atom stereocenters. The molecule has 2 heterocycles. The van der Waals surface area contributed by atoms with Crippen molar-refractivity contribution in [1.82, 2.24) is 4.98 Å². The van der Waals surface area contributed by atoms with Crippen LogP contribution in [0.15, 0.2) is 103 Å². The highest BCUT2D eigenvalue weighted by Gasteiger charge is 2.48. The summed E-state index contributed by atoms with van der Waals surface area (Å²) in [5.41, 5.74) is 2.76. The Kier molecular flexibility index (Phi) is 6.99. The normalized spacial score (nSPS) is 16.3. The van der Waals surface area contributed by atoms with Gasteiger partial charge in [-0.15, -0.1) is 0 Å². The van der Waals surface area contributed by atoms with E-state index in [9.17, 15) is 14.7 Å². The predicted octanol–water partition coefficient (Wildman–Crippen LogP) is 7.42. The van der Waals surface area contributed by atoms with Crippen LogP contribution < -0.4 is 14.4 Å². The van der Waals surface area contributed by atoms with Crippen molar-refractivity contribution in [1.29, 1.82) is 0 Å². The molecule has 1 saturated heterocycles. The van der Waals surface area contributed by atoms with Gasteiger partial charge in [0.25, 0.3) is 5.78 Å². The van der Waals surface area contributed by atoms with E-state index in [4.69, 9.17) is 14.5 Å². The average molecular weight is 563 g/mol. The van der Waals surface area contributed by atoms with Gasteiger partial charge in [0.2, 0.25) is 0 Å². The second kappa shape index (κ2) is 10.9. The van der Waals surface area contributed by atoms with Crippen molar-refractivity contribution >= 4 is 44.1 Å². The molecule has 204 valence electrons. The molecule has 0 radical (unpaired) electrons. The largest absolute Gasteiger partial charge is 0.507 e. The SMILES string of the molecule is CCOc1ccc(C(O)=C2C(=O)C(=O)N(c3nc4ccc(C)cc4s3)C2c2cccc(Oc3ccccc3)c2)cc1. The van der Waals surface area contributed by atoms with E-state index in [0.29, 0.717) is 40.1 Å². The summed E-state index contributed by atoms with van der Waals surface area (Å²) >= 11 is 1.33. The van der Waals surface area contributed by atoms with Gasteiger partial charge in [-0.3, -0.25) is 14.5 Å². The van der Waals surface area contributed by atoms with Gasteiger partial charge in [-0.2, -0.15) is 0 Å². The summed E-state index contributed by atoms with van der Waals surface area (Å²) in [6.45, 7) is 4.37. The lowest BCUT2D eigenvalue weighted by atomic mass is 9.95. The second-order valence-corrected chi connectivity index (χ2v) is 10.6. The van der Waals surface area contributed by atoms with Gasteiger partial charge in [-0.1, -0.05) is 47.7 Å². The number of carbonyl (C=O) groups is 2. The fourth-order valence-corrected chi connectivity index (χ4v) is 5.96. The maximum absolute atomic E-state index is 13.6. The van der Waals surface area contributed by atoms with Gasteiger partial charge >= 0.3 is 5.91 Å². The number of rotatable bonds is 7. The Labute approximate surface area is 240 Å². The highest BCUT2D eigenvalue weighted by Crippen LogP contribution is 2.45. The summed E-state index contributed by atoms with van der Waals surface area (Å²) in [5, 5.41) is 11.9. The number of aliphatic hydroxyl groups excluding tert-OH is 1. The van der Waals surface area contributed by atoms with Gasteiger partial charge in [0, 0.05) is 5.56 Å². The molecule has 1 aliphatic rings. The van der Waals surface area contributed by atoms with Crippen LogP contribution in [0.2, 0.25) is 0 Å². The summed E-state index contributed by atoms with van der Waals surface area (Å²) < 4.78 is 12.5. The lowest BCUT2D eigenvalue weighted by molar-refractivity contribution is -0.132. The standard InChI is InChI=1S/C33H26N2O5S/c1-3-39-23-15-13-21(14-16-23)30(36)28-29(22-8-7-11-25(19-22)40-24-9-5-4-6-10-24)35(32(38)31(28)37)33-34-26-17-12-20(2)18-27(26)41-33/h4-19,29,36H,3H2,1-2H3. The molecule has 41 heavy (non-hydrogen) atoms. The number of para-hydroxylation sites is 1. The van der Waals surface area contributed by atoms with E-state index in [1.165, 1.54) is 16.2 Å². The van der Waals surface area contributed by atoms with Crippen LogP contribution in [0.5, 0.6) is 17.2 Å². The van der Waals surface area contributed by atoms with E-state index in [0.717, 1.165) is 15.8 Å². The second-order valence-electron chi connectivity index (χ2n) is 9.58. The molecule has 4 aromatic carbocycles. The molecule has 1 N–H and O–H groups in total. The zero-order valence-corrected chi connectivity index (χ0v) is 23.2. The number of ether oxygens (including phenoxy) is 2. The molecule has 0 spiro atoms. The third-order valence-electron chi connectivity index (χ3n) is 6.77. The van der Waals surface area contributed by atoms with Crippen molar-refractivity contribution < 1.29 is 24.2 Å². The van der Waals surface area contributed by atoms with Crippen molar-refractivity contribution in [2.24, 2.45) is 0 Å². The van der Waals surface area contributed by atoms with Crippen molar-refractivity contribution in [2.45, 2.75) is 19.9 Å². The van der Waals surface area contributed by atoms with Crippen LogP contribution >= 0.6 is 11.3 Å². The quantitative estimate of drug-likeness (QED) is 0.126. The number of benzene rings is 4. The zero-order valence-electron chi connectivity index (χ0n) is 22.4. The number of ketones is 1. The van der Waals surface area contributed by atoms with E-state index in [1.807, 2.05) is 68.4 Å². The zero-order chi connectivity index (χ0) is 28.5. The maximum atomic E-state index is 13.6. The molecule has 5 aromatic rings. The smallest absolute Gasteiger partial charge is 0.301 e. The summed E-state index contributed by atoms with van der Waals surface area (Å²) in [7, 11) is 0. The van der Waals surface area contributed by atoms with E-state index < -0.39 is 17.7 Å². The first-order valence-corrected chi connectivity index (χ1v) is 14.0. The number of hydrogen-bond acceptors (Lipinski definition) is 7. The highest BCUT2D eigenvalue weighted by molar-refractivity contribution is 7.22. The molecule has 1 amide bonds. The minimum atomic E-state index is -0.928. The van der Waals surface area contributed by atoms with Crippen molar-refractivity contribution in [3.05, 3.63) is 119 Å². The number of Topliss-reactive ketones (excluding diaryl/α,β-unsaturated/α-hetero) is 1. The minimum absolute atomic E-state index is 0.0218. The fourth-order valence-electron chi connectivity index (χ4n) is 4.87. The van der Waals surface area contributed by atoms with Crippen LogP contribution in [0.3, 0.4) is 0 Å². The lowest BCUT2D eigenvalue weighted by Gasteiger charge is -2.23. The molecule has 0 bridgehead atoms. The van der Waals surface area contributed by atoms with Crippen molar-refractivity contribution in [3.8, 4) is 17.2 Å². The van der Waals surface area contributed by atoms with Crippen LogP contribution in [-0.4, -0.2) is 28.4 Å². The van der Waals surface area contributed by atoms with Crippen LogP contribution in [0.1, 0.15) is 29.7 Å². The van der Waals surface area contributed by atoms with Crippen LogP contribution in [0.25, 0.3) is 16.0 Å². The minimum Gasteiger partial charge on any atom is -0.507 e. The van der Waals surface area contributed by atoms with Gasteiger partial charge in [0.15, 0.2) is 5.13 Å². The van der Waals surface area contributed by atoms with E-state index in [-0.39, 0.29) is 11.3 Å². The van der Waals surface area contributed by atoms with Crippen LogP contribution in [0, 0.1) is 6.92 Å². The third-order valence-corrected chi connectivity index (χ3v) is 7.79. The van der Waals surface area contributed by atoms with E-state index in [1.54, 1.807) is 42.5 Å². The first kappa shape index (κ1) is 26.3. The maximum Gasteiger partial charge on any atom is 0.301 e. The first-order chi connectivity index (χ1) is 19.9. The summed E-state index contributed by atoms with van der Waals surface area (Å²) in [4.78, 5) is 33.3. The van der Waals surface area contributed by atoms with E-state index >= 15 is 0 Å². The molecule has 7 nitrogen and oxygen atoms in total. The number of aliphatic hydroxyl groups is 1.